The molecule has 37 heavy (non-hydrogen) atoms. The number of aromatic nitrogens is 4. The highest BCUT2D eigenvalue weighted by Gasteiger charge is 2.41. The van der Waals surface area contributed by atoms with Crippen LogP contribution in [0.2, 0.25) is 0 Å². The molecule has 2 aromatic heterocycles. The number of nitrogens with one attached hydrogen (secondary N) is 1. The highest BCUT2D eigenvalue weighted by Crippen LogP contribution is 2.27. The number of hydrogen-bond acceptors (Lipinski definition) is 5. The largest absolute Gasteiger partial charge is 0.345 e. The van der Waals surface area contributed by atoms with Crippen molar-refractivity contribution in [3.8, 4) is 0 Å². The first kappa shape index (κ1) is 26.2. The third-order valence-electron chi connectivity index (χ3n) is 6.64. The second-order valence-electron chi connectivity index (χ2n) is 9.58. The molecule has 1 aliphatic heterocycles. The molecule has 1 saturated heterocycles. The Hall–Kier alpha value is -3.89. The number of halogens is 2. The van der Waals surface area contributed by atoms with Crippen LogP contribution in [-0.2, 0) is 30.1 Å². The molecule has 1 aromatic carbocycles. The van der Waals surface area contributed by atoms with Crippen LogP contribution >= 0.6 is 0 Å². The average Bonchev–Trinajstić information content (AvgIpc) is 3.37. The average molecular weight is 513 g/mol. The highest BCUT2D eigenvalue weighted by molar-refractivity contribution is 5.89. The summed E-state index contributed by atoms with van der Waals surface area (Å²) in [5.74, 6) is -1.57. The topological polar surface area (TPSA) is 102 Å². The van der Waals surface area contributed by atoms with Crippen LogP contribution in [-0.4, -0.2) is 54.8 Å². The maximum absolute atomic E-state index is 14.7. The van der Waals surface area contributed by atoms with Crippen LogP contribution in [0.25, 0.3) is 0 Å². The summed E-state index contributed by atoms with van der Waals surface area (Å²) < 4.78 is 31.6. The van der Waals surface area contributed by atoms with Gasteiger partial charge in [0.2, 0.25) is 17.8 Å². The van der Waals surface area contributed by atoms with Gasteiger partial charge in [0.1, 0.15) is 18.0 Å². The Morgan fingerprint density at radius 3 is 2.43 bits per heavy atom. The van der Waals surface area contributed by atoms with Crippen molar-refractivity contribution in [1.82, 2.24) is 29.5 Å². The lowest BCUT2D eigenvalue weighted by Crippen LogP contribution is -2.47. The smallest absolute Gasteiger partial charge is 0.342 e. The van der Waals surface area contributed by atoms with Gasteiger partial charge in [-0.3, -0.25) is 14.2 Å². The fourth-order valence-corrected chi connectivity index (χ4v) is 4.57. The predicted octanol–water partition coefficient (Wildman–Crippen LogP) is 2.16. The molecule has 1 fully saturated rings. The van der Waals surface area contributed by atoms with Crippen LogP contribution < -0.4 is 11.0 Å². The van der Waals surface area contributed by atoms with Crippen LogP contribution in [0.3, 0.4) is 0 Å². The number of amides is 2. The minimum absolute atomic E-state index is 0.0653. The Labute approximate surface area is 213 Å². The number of benzene rings is 1. The standard InChI is InChI=1S/C26H30F2N6O3/c1-15(2)18-10-11-19(29-24(18)28)23(16-8-6-5-7-9-16)30-25(36)20-12-17(27)14-34(20)22(35)13-21-31-33(4)26(37)32(21)3/h5-11,15,17,20,23H,12-14H2,1-4H3,(H,30,36)/t17-,20+,23+/m1/s1. The first-order valence-electron chi connectivity index (χ1n) is 12.1. The minimum atomic E-state index is -1.39. The molecule has 1 aliphatic rings. The molecule has 9 nitrogen and oxygen atoms in total. The summed E-state index contributed by atoms with van der Waals surface area (Å²) in [6.07, 6.45) is -1.81. The van der Waals surface area contributed by atoms with Crippen molar-refractivity contribution in [2.45, 2.75) is 50.9 Å². The van der Waals surface area contributed by atoms with E-state index in [1.54, 1.807) is 36.4 Å². The van der Waals surface area contributed by atoms with Gasteiger partial charge in [-0.05, 0) is 17.5 Å². The number of carbonyl (C=O) groups is 2. The first-order chi connectivity index (χ1) is 17.6. The summed E-state index contributed by atoms with van der Waals surface area (Å²) in [6.45, 7) is 3.47. The number of hydrogen-bond donors (Lipinski definition) is 1. The second kappa shape index (κ2) is 10.6. The van der Waals surface area contributed by atoms with Crippen molar-refractivity contribution in [2.75, 3.05) is 6.54 Å². The van der Waals surface area contributed by atoms with Crippen LogP contribution in [0.5, 0.6) is 0 Å². The summed E-state index contributed by atoms with van der Waals surface area (Å²) in [6, 6.07) is 10.4. The molecule has 0 spiro atoms. The van der Waals surface area contributed by atoms with Crippen molar-refractivity contribution < 1.29 is 18.4 Å². The summed E-state index contributed by atoms with van der Waals surface area (Å²) in [7, 11) is 2.96. The van der Waals surface area contributed by atoms with E-state index in [2.05, 4.69) is 15.4 Å². The summed E-state index contributed by atoms with van der Waals surface area (Å²) in [5, 5.41) is 6.90. The third-order valence-corrected chi connectivity index (χ3v) is 6.64. The van der Waals surface area contributed by atoms with Gasteiger partial charge in [0.05, 0.1) is 24.7 Å². The van der Waals surface area contributed by atoms with E-state index in [-0.39, 0.29) is 36.8 Å². The number of rotatable bonds is 7. The Bertz CT molecular complexity index is 1350. The molecule has 0 aliphatic carbocycles. The van der Waals surface area contributed by atoms with Crippen molar-refractivity contribution in [1.29, 1.82) is 0 Å². The van der Waals surface area contributed by atoms with Crippen molar-refractivity contribution in [3.63, 3.8) is 0 Å². The van der Waals surface area contributed by atoms with Gasteiger partial charge in [0.15, 0.2) is 0 Å². The first-order valence-corrected chi connectivity index (χ1v) is 12.1. The van der Waals surface area contributed by atoms with E-state index in [1.165, 1.54) is 23.6 Å². The van der Waals surface area contributed by atoms with E-state index in [4.69, 9.17) is 0 Å². The SMILES string of the molecule is CC(C)c1ccc([C@@H](NC(=O)[C@@H]2C[C@@H](F)CN2C(=O)Cc2nn(C)c(=O)n2C)c2ccccc2)nc1F. The molecule has 4 rings (SSSR count). The lowest BCUT2D eigenvalue weighted by atomic mass is 9.99. The fourth-order valence-electron chi connectivity index (χ4n) is 4.57. The summed E-state index contributed by atoms with van der Waals surface area (Å²) in [5.41, 5.74) is 1.02. The second-order valence-corrected chi connectivity index (χ2v) is 9.58. The fraction of sp³-hybridized carbons (Fsp3) is 0.423. The maximum atomic E-state index is 14.7. The Kier molecular flexibility index (Phi) is 7.51. The van der Waals surface area contributed by atoms with Crippen LogP contribution in [0, 0.1) is 5.95 Å². The molecular weight excluding hydrogens is 482 g/mol. The van der Waals surface area contributed by atoms with Gasteiger partial charge in [-0.25, -0.2) is 18.9 Å². The van der Waals surface area contributed by atoms with Crippen LogP contribution in [0.1, 0.15) is 54.9 Å². The van der Waals surface area contributed by atoms with Crippen LogP contribution in [0.15, 0.2) is 47.3 Å². The van der Waals surface area contributed by atoms with Crippen molar-refractivity contribution in [2.24, 2.45) is 14.1 Å². The Balaban J connectivity index is 1.59. The van der Waals surface area contributed by atoms with E-state index < -0.39 is 41.7 Å². The number of aryl methyl sites for hydroxylation is 1. The van der Waals surface area contributed by atoms with E-state index in [0.29, 0.717) is 11.1 Å². The van der Waals surface area contributed by atoms with Gasteiger partial charge in [0.25, 0.3) is 0 Å². The van der Waals surface area contributed by atoms with Gasteiger partial charge in [-0.1, -0.05) is 50.2 Å². The molecule has 3 atom stereocenters. The van der Waals surface area contributed by atoms with Crippen molar-refractivity contribution in [3.05, 3.63) is 81.5 Å². The molecule has 1 N–H and O–H groups in total. The molecule has 0 unspecified atom stereocenters. The molecule has 0 bridgehead atoms. The molecule has 0 radical (unpaired) electrons. The zero-order chi connectivity index (χ0) is 26.9. The molecule has 11 heteroatoms. The molecule has 3 heterocycles. The van der Waals surface area contributed by atoms with Gasteiger partial charge in [-0.15, -0.1) is 0 Å². The maximum Gasteiger partial charge on any atom is 0.345 e. The van der Waals surface area contributed by atoms with Gasteiger partial charge >= 0.3 is 5.69 Å². The third kappa shape index (κ3) is 5.45. The van der Waals surface area contributed by atoms with Gasteiger partial charge in [0, 0.05) is 26.1 Å². The quantitative estimate of drug-likeness (QED) is 0.489. The van der Waals surface area contributed by atoms with Gasteiger partial charge in [-0.2, -0.15) is 9.49 Å². The zero-order valence-corrected chi connectivity index (χ0v) is 21.2. The molecule has 0 saturated carbocycles. The van der Waals surface area contributed by atoms with E-state index in [1.807, 2.05) is 19.9 Å². The zero-order valence-electron chi connectivity index (χ0n) is 21.2. The molecule has 2 amide bonds. The molecule has 3 aromatic rings. The minimum Gasteiger partial charge on any atom is -0.342 e. The van der Waals surface area contributed by atoms with E-state index in [9.17, 15) is 23.2 Å². The number of carbonyl (C=O) groups excluding carboxylic acids is 2. The molecule has 196 valence electrons. The summed E-state index contributed by atoms with van der Waals surface area (Å²) in [4.78, 5) is 43.8. The highest BCUT2D eigenvalue weighted by atomic mass is 19.1. The number of nitrogens with zero attached hydrogens (tertiary/aromatic N) is 5. The van der Waals surface area contributed by atoms with E-state index in [0.717, 1.165) is 4.68 Å². The number of likely N-dealkylation sites (tertiary alicyclic amines) is 1. The van der Waals surface area contributed by atoms with Crippen LogP contribution in [0.4, 0.5) is 8.78 Å². The number of pyridine rings is 1. The normalized spacial score (nSPS) is 18.3. The number of alkyl halides is 1. The predicted molar refractivity (Wildman–Crippen MR) is 132 cm³/mol. The lowest BCUT2D eigenvalue weighted by molar-refractivity contribution is -0.138. The van der Waals surface area contributed by atoms with E-state index >= 15 is 0 Å². The Morgan fingerprint density at radius 1 is 1.14 bits per heavy atom. The van der Waals surface area contributed by atoms with Crippen molar-refractivity contribution >= 4 is 11.8 Å². The summed E-state index contributed by atoms with van der Waals surface area (Å²) >= 11 is 0. The Morgan fingerprint density at radius 2 is 1.84 bits per heavy atom. The van der Waals surface area contributed by atoms with Gasteiger partial charge < -0.3 is 10.2 Å². The lowest BCUT2D eigenvalue weighted by Gasteiger charge is -2.26. The monoisotopic (exact) mass is 512 g/mol. The molecular formula is C26H30F2N6O3.